The van der Waals surface area contributed by atoms with Crippen molar-refractivity contribution in [2.75, 3.05) is 13.7 Å². The third-order valence-electron chi connectivity index (χ3n) is 5.02. The molecule has 2 aromatic heterocycles. The van der Waals surface area contributed by atoms with E-state index in [1.54, 1.807) is 22.7 Å². The maximum atomic E-state index is 12.4. The van der Waals surface area contributed by atoms with Crippen molar-refractivity contribution >= 4 is 17.5 Å². The number of amides is 2. The van der Waals surface area contributed by atoms with Crippen molar-refractivity contribution in [2.24, 2.45) is 5.73 Å². The van der Waals surface area contributed by atoms with E-state index >= 15 is 0 Å². The average Bonchev–Trinajstić information content (AvgIpc) is 3.19. The van der Waals surface area contributed by atoms with Gasteiger partial charge < -0.3 is 20.5 Å². The first kappa shape index (κ1) is 22.6. The standard InChI is InChI=1S/C22H24N6O4/c1-13-17(14(2)28-22(27-13)16(9-23)11-26-28)5-7-21(30)25-10-15-4-6-18(19(8-15)31-3)32-12-20(24)29/h4,6,8,11H,5,7,10,12H2,1-3H3,(H2,24,29)(H,25,30). The van der Waals surface area contributed by atoms with Gasteiger partial charge in [0.2, 0.25) is 5.91 Å². The Balaban J connectivity index is 1.61. The Hall–Kier alpha value is -4.13. The summed E-state index contributed by atoms with van der Waals surface area (Å²) in [6.07, 6.45) is 2.26. The maximum Gasteiger partial charge on any atom is 0.255 e. The van der Waals surface area contributed by atoms with Crippen LogP contribution in [0.1, 0.15) is 34.5 Å². The Morgan fingerprint density at radius 2 is 2.06 bits per heavy atom. The molecule has 10 nitrogen and oxygen atoms in total. The van der Waals surface area contributed by atoms with Crippen molar-refractivity contribution in [3.8, 4) is 17.6 Å². The lowest BCUT2D eigenvalue weighted by Crippen LogP contribution is -2.23. The van der Waals surface area contributed by atoms with Gasteiger partial charge in [-0.2, -0.15) is 10.4 Å². The molecule has 2 heterocycles. The third kappa shape index (κ3) is 4.95. The number of nitrogens with zero attached hydrogens (tertiary/aromatic N) is 4. The van der Waals surface area contributed by atoms with Crippen LogP contribution < -0.4 is 20.5 Å². The van der Waals surface area contributed by atoms with Crippen molar-refractivity contribution in [3.05, 3.63) is 52.5 Å². The summed E-state index contributed by atoms with van der Waals surface area (Å²) in [4.78, 5) is 27.8. The summed E-state index contributed by atoms with van der Waals surface area (Å²) in [5.41, 5.74) is 9.41. The second kappa shape index (κ2) is 9.78. The molecule has 10 heteroatoms. The number of ether oxygens (including phenoxy) is 2. The molecule has 0 atom stereocenters. The molecule has 0 radical (unpaired) electrons. The van der Waals surface area contributed by atoms with Gasteiger partial charge in [-0.15, -0.1) is 0 Å². The Labute approximate surface area is 184 Å². The lowest BCUT2D eigenvalue weighted by Gasteiger charge is -2.13. The molecule has 1 aromatic carbocycles. The van der Waals surface area contributed by atoms with Gasteiger partial charge in [-0.05, 0) is 43.5 Å². The fourth-order valence-corrected chi connectivity index (χ4v) is 3.37. The molecule has 0 unspecified atom stereocenters. The molecule has 0 aliphatic carbocycles. The van der Waals surface area contributed by atoms with Gasteiger partial charge in [0.15, 0.2) is 23.8 Å². The smallest absolute Gasteiger partial charge is 0.255 e. The van der Waals surface area contributed by atoms with Crippen LogP contribution in [-0.4, -0.2) is 40.1 Å². The molecule has 0 aliphatic rings. The predicted octanol–water partition coefficient (Wildman–Crippen LogP) is 1.34. The largest absolute Gasteiger partial charge is 0.493 e. The van der Waals surface area contributed by atoms with E-state index < -0.39 is 5.91 Å². The number of hydrogen-bond donors (Lipinski definition) is 2. The minimum Gasteiger partial charge on any atom is -0.493 e. The second-order valence-electron chi connectivity index (χ2n) is 7.18. The van der Waals surface area contributed by atoms with Crippen molar-refractivity contribution < 1.29 is 19.1 Å². The van der Waals surface area contributed by atoms with E-state index in [-0.39, 0.29) is 18.9 Å². The molecule has 0 bridgehead atoms. The zero-order chi connectivity index (χ0) is 23.3. The number of nitriles is 1. The van der Waals surface area contributed by atoms with Gasteiger partial charge in [0, 0.05) is 24.4 Å². The van der Waals surface area contributed by atoms with E-state index in [0.717, 1.165) is 22.5 Å². The highest BCUT2D eigenvalue weighted by atomic mass is 16.5. The van der Waals surface area contributed by atoms with Crippen LogP contribution in [0.4, 0.5) is 0 Å². The van der Waals surface area contributed by atoms with Crippen LogP contribution in [0.2, 0.25) is 0 Å². The summed E-state index contributed by atoms with van der Waals surface area (Å²) in [5, 5.41) is 16.3. The molecular formula is C22H24N6O4. The summed E-state index contributed by atoms with van der Waals surface area (Å²) < 4.78 is 12.2. The van der Waals surface area contributed by atoms with E-state index in [9.17, 15) is 14.9 Å². The van der Waals surface area contributed by atoms with Crippen molar-refractivity contribution in [2.45, 2.75) is 33.2 Å². The van der Waals surface area contributed by atoms with Gasteiger partial charge >= 0.3 is 0 Å². The Morgan fingerprint density at radius 1 is 1.28 bits per heavy atom. The number of benzene rings is 1. The third-order valence-corrected chi connectivity index (χ3v) is 5.02. The molecular weight excluding hydrogens is 412 g/mol. The summed E-state index contributed by atoms with van der Waals surface area (Å²) in [6, 6.07) is 7.25. The van der Waals surface area contributed by atoms with Crippen LogP contribution in [0.5, 0.6) is 11.5 Å². The summed E-state index contributed by atoms with van der Waals surface area (Å²) in [5.74, 6) is 0.143. The van der Waals surface area contributed by atoms with Crippen LogP contribution in [0.15, 0.2) is 24.4 Å². The average molecular weight is 436 g/mol. The Morgan fingerprint density at radius 3 is 2.75 bits per heavy atom. The number of aromatic nitrogens is 3. The van der Waals surface area contributed by atoms with Crippen LogP contribution in [0, 0.1) is 25.2 Å². The summed E-state index contributed by atoms with van der Waals surface area (Å²) in [7, 11) is 1.49. The zero-order valence-corrected chi connectivity index (χ0v) is 18.1. The molecule has 0 saturated heterocycles. The SMILES string of the molecule is COc1cc(CNC(=O)CCc2c(C)nc3c(C#N)cnn3c2C)ccc1OCC(N)=O. The Kier molecular flexibility index (Phi) is 6.90. The first-order valence-electron chi connectivity index (χ1n) is 9.92. The second-order valence-corrected chi connectivity index (χ2v) is 7.18. The van der Waals surface area contributed by atoms with Gasteiger partial charge in [-0.3, -0.25) is 9.59 Å². The number of aryl methyl sites for hydroxylation is 2. The van der Waals surface area contributed by atoms with E-state index in [4.69, 9.17) is 15.2 Å². The number of nitrogens with two attached hydrogens (primary N) is 1. The lowest BCUT2D eigenvalue weighted by molar-refractivity contribution is -0.121. The van der Waals surface area contributed by atoms with Crippen LogP contribution in [0.25, 0.3) is 5.65 Å². The quantitative estimate of drug-likeness (QED) is 0.515. The first-order valence-corrected chi connectivity index (χ1v) is 9.92. The first-order chi connectivity index (χ1) is 15.3. The molecule has 0 spiro atoms. The number of hydrogen-bond acceptors (Lipinski definition) is 7. The molecule has 2 amide bonds. The predicted molar refractivity (Wildman–Crippen MR) is 115 cm³/mol. The molecule has 166 valence electrons. The minimum atomic E-state index is -0.582. The zero-order valence-electron chi connectivity index (χ0n) is 18.1. The highest BCUT2D eigenvalue weighted by molar-refractivity contribution is 5.76. The summed E-state index contributed by atoms with van der Waals surface area (Å²) >= 11 is 0. The summed E-state index contributed by atoms with van der Waals surface area (Å²) in [6.45, 7) is 3.83. The van der Waals surface area contributed by atoms with Gasteiger partial charge in [0.1, 0.15) is 11.6 Å². The van der Waals surface area contributed by atoms with Crippen LogP contribution in [-0.2, 0) is 22.6 Å². The van der Waals surface area contributed by atoms with Crippen LogP contribution >= 0.6 is 0 Å². The number of fused-ring (bicyclic) bond motifs is 1. The molecule has 3 aromatic rings. The van der Waals surface area contributed by atoms with E-state index in [1.807, 2.05) is 13.8 Å². The van der Waals surface area contributed by atoms with Crippen molar-refractivity contribution in [1.29, 1.82) is 5.26 Å². The molecule has 0 saturated carbocycles. The minimum absolute atomic E-state index is 0.116. The highest BCUT2D eigenvalue weighted by Crippen LogP contribution is 2.28. The number of carbonyl (C=O) groups is 2. The van der Waals surface area contributed by atoms with Gasteiger partial charge in [0.05, 0.1) is 13.3 Å². The van der Waals surface area contributed by atoms with E-state index in [0.29, 0.717) is 35.7 Å². The monoisotopic (exact) mass is 436 g/mol. The maximum absolute atomic E-state index is 12.4. The lowest BCUT2D eigenvalue weighted by atomic mass is 10.1. The Bertz CT molecular complexity index is 1210. The molecule has 0 fully saturated rings. The molecule has 3 rings (SSSR count). The normalized spacial score (nSPS) is 10.6. The number of carbonyl (C=O) groups excluding carboxylic acids is 2. The molecule has 3 N–H and O–H groups in total. The van der Waals surface area contributed by atoms with E-state index in [2.05, 4.69) is 21.5 Å². The fourth-order valence-electron chi connectivity index (χ4n) is 3.37. The number of nitrogens with one attached hydrogen (secondary N) is 1. The van der Waals surface area contributed by atoms with Gasteiger partial charge in [-0.25, -0.2) is 9.50 Å². The van der Waals surface area contributed by atoms with E-state index in [1.165, 1.54) is 13.3 Å². The van der Waals surface area contributed by atoms with Crippen molar-refractivity contribution in [3.63, 3.8) is 0 Å². The van der Waals surface area contributed by atoms with Crippen LogP contribution in [0.3, 0.4) is 0 Å². The van der Waals surface area contributed by atoms with Gasteiger partial charge in [-0.1, -0.05) is 6.07 Å². The topological polar surface area (TPSA) is 145 Å². The number of rotatable bonds is 9. The van der Waals surface area contributed by atoms with Crippen molar-refractivity contribution in [1.82, 2.24) is 19.9 Å². The fraction of sp³-hybridized carbons (Fsp3) is 0.318. The number of primary amides is 1. The van der Waals surface area contributed by atoms with Gasteiger partial charge in [0.25, 0.3) is 5.91 Å². The molecule has 32 heavy (non-hydrogen) atoms. The molecule has 0 aliphatic heterocycles. The highest BCUT2D eigenvalue weighted by Gasteiger charge is 2.15. The number of methoxy groups -OCH3 is 1.